The number of pyridine rings is 1. The molecule has 1 amide bonds. The molecule has 120 valence electrons. The quantitative estimate of drug-likeness (QED) is 0.875. The number of halogens is 1. The molecule has 0 aliphatic rings. The number of nitrogens with zero attached hydrogens (tertiary/aromatic N) is 1. The summed E-state index contributed by atoms with van der Waals surface area (Å²) < 4.78 is 1.74. The van der Waals surface area contributed by atoms with Crippen molar-refractivity contribution in [1.82, 2.24) is 4.57 Å². The van der Waals surface area contributed by atoms with Crippen LogP contribution in [0.15, 0.2) is 35.1 Å². The van der Waals surface area contributed by atoms with Crippen molar-refractivity contribution in [2.24, 2.45) is 0 Å². The fourth-order valence-electron chi connectivity index (χ4n) is 2.31. The van der Waals surface area contributed by atoms with Crippen LogP contribution in [0, 0.1) is 13.8 Å². The summed E-state index contributed by atoms with van der Waals surface area (Å²) in [5.74, 6) is -0.397. The number of aryl methyl sites for hydroxylation is 2. The molecule has 0 aliphatic heterocycles. The van der Waals surface area contributed by atoms with Crippen molar-refractivity contribution in [3.63, 3.8) is 0 Å². The first-order valence-corrected chi connectivity index (χ1v) is 7.44. The van der Waals surface area contributed by atoms with Gasteiger partial charge in [0.25, 0.3) is 0 Å². The number of aromatic nitrogens is 1. The van der Waals surface area contributed by atoms with Crippen LogP contribution in [0.5, 0.6) is 0 Å². The maximum atomic E-state index is 12.3. The average molecular weight is 333 g/mol. The van der Waals surface area contributed by atoms with E-state index in [2.05, 4.69) is 5.32 Å². The summed E-state index contributed by atoms with van der Waals surface area (Å²) in [5.41, 5.74) is 2.18. The summed E-state index contributed by atoms with van der Waals surface area (Å²) in [5, 5.41) is 3.06. The summed E-state index contributed by atoms with van der Waals surface area (Å²) >= 11 is 6.06. The van der Waals surface area contributed by atoms with Crippen LogP contribution < -0.4 is 10.7 Å². The van der Waals surface area contributed by atoms with E-state index in [0.29, 0.717) is 27.7 Å². The van der Waals surface area contributed by atoms with Crippen LogP contribution >= 0.6 is 11.6 Å². The molecule has 23 heavy (non-hydrogen) atoms. The molecule has 1 aromatic carbocycles. The second kappa shape index (κ2) is 6.79. The fraction of sp³-hybridized carbons (Fsp3) is 0.235. The third kappa shape index (κ3) is 4.07. The predicted molar refractivity (Wildman–Crippen MR) is 90.3 cm³/mol. The Hall–Kier alpha value is -2.40. The monoisotopic (exact) mass is 332 g/mol. The fourth-order valence-corrected chi connectivity index (χ4v) is 2.48. The lowest BCUT2D eigenvalue weighted by molar-refractivity contribution is -0.116. The number of anilines is 1. The molecule has 1 aromatic heterocycles. The normalized spacial score (nSPS) is 10.4. The Labute approximate surface area is 138 Å². The molecule has 6 heteroatoms. The molecule has 2 aromatic rings. The van der Waals surface area contributed by atoms with Crippen molar-refractivity contribution in [2.75, 3.05) is 5.32 Å². The highest BCUT2D eigenvalue weighted by Gasteiger charge is 2.11. The first-order valence-electron chi connectivity index (χ1n) is 7.06. The predicted octanol–water partition coefficient (Wildman–Crippen LogP) is 2.96. The van der Waals surface area contributed by atoms with E-state index >= 15 is 0 Å². The highest BCUT2D eigenvalue weighted by atomic mass is 35.5. The number of nitrogens with one attached hydrogen (secondary N) is 1. The Morgan fingerprint density at radius 1 is 1.13 bits per heavy atom. The molecular formula is C17H17ClN2O3. The van der Waals surface area contributed by atoms with E-state index in [9.17, 15) is 14.4 Å². The highest BCUT2D eigenvalue weighted by molar-refractivity contribution is 6.33. The van der Waals surface area contributed by atoms with Gasteiger partial charge in [-0.15, -0.1) is 0 Å². The van der Waals surface area contributed by atoms with Crippen molar-refractivity contribution < 1.29 is 9.59 Å². The summed E-state index contributed by atoms with van der Waals surface area (Å²) in [6.45, 7) is 5.04. The molecule has 0 saturated heterocycles. The summed E-state index contributed by atoms with van der Waals surface area (Å²) in [6.07, 6.45) is 0. The largest absolute Gasteiger partial charge is 0.340 e. The topological polar surface area (TPSA) is 68.2 Å². The summed E-state index contributed by atoms with van der Waals surface area (Å²) in [7, 11) is 0. The zero-order valence-electron chi connectivity index (χ0n) is 13.1. The van der Waals surface area contributed by atoms with Gasteiger partial charge in [-0.25, -0.2) is 0 Å². The molecule has 0 atom stereocenters. The van der Waals surface area contributed by atoms with Gasteiger partial charge in [0.1, 0.15) is 6.54 Å². The molecule has 0 radical (unpaired) electrons. The number of amides is 1. The van der Waals surface area contributed by atoms with E-state index in [1.807, 2.05) is 0 Å². The SMILES string of the molecule is CC(=O)c1ccc(Cl)c(NC(=O)Cn2c(C)cc(=O)cc2C)c1. The molecule has 0 saturated carbocycles. The zero-order valence-corrected chi connectivity index (χ0v) is 13.9. The molecule has 0 spiro atoms. The lowest BCUT2D eigenvalue weighted by Gasteiger charge is -2.14. The smallest absolute Gasteiger partial charge is 0.244 e. The van der Waals surface area contributed by atoms with E-state index < -0.39 is 0 Å². The third-order valence-corrected chi connectivity index (χ3v) is 3.83. The molecule has 1 heterocycles. The number of rotatable bonds is 4. The molecule has 0 aliphatic carbocycles. The van der Waals surface area contributed by atoms with Gasteiger partial charge in [0.15, 0.2) is 11.2 Å². The minimum atomic E-state index is -0.289. The van der Waals surface area contributed by atoms with E-state index in [1.54, 1.807) is 36.6 Å². The average Bonchev–Trinajstić information content (AvgIpc) is 2.45. The second-order valence-electron chi connectivity index (χ2n) is 5.36. The van der Waals surface area contributed by atoms with Gasteiger partial charge in [-0.3, -0.25) is 14.4 Å². The molecule has 0 fully saturated rings. The van der Waals surface area contributed by atoms with Gasteiger partial charge in [0.2, 0.25) is 5.91 Å². The summed E-state index contributed by atoms with van der Waals surface area (Å²) in [4.78, 5) is 35.1. The second-order valence-corrected chi connectivity index (χ2v) is 5.77. The van der Waals surface area contributed by atoms with Gasteiger partial charge >= 0.3 is 0 Å². The standard InChI is InChI=1S/C17H17ClN2O3/c1-10-6-14(22)7-11(2)20(10)9-17(23)19-16-8-13(12(3)21)4-5-15(16)18/h4-8H,9H2,1-3H3,(H,19,23). The minimum Gasteiger partial charge on any atom is -0.340 e. The molecule has 5 nitrogen and oxygen atoms in total. The lowest BCUT2D eigenvalue weighted by Crippen LogP contribution is -2.23. The number of carbonyl (C=O) groups is 2. The number of ketones is 1. The van der Waals surface area contributed by atoms with Crippen LogP contribution in [-0.2, 0) is 11.3 Å². The Bertz CT molecular complexity index is 814. The number of carbonyl (C=O) groups excluding carboxylic acids is 2. The van der Waals surface area contributed by atoms with Gasteiger partial charge in [-0.05, 0) is 39.0 Å². The highest BCUT2D eigenvalue weighted by Crippen LogP contribution is 2.23. The van der Waals surface area contributed by atoms with Crippen molar-refractivity contribution >= 4 is 29.0 Å². The Kier molecular flexibility index (Phi) is 5.01. The molecule has 0 unspecified atom stereocenters. The van der Waals surface area contributed by atoms with Gasteiger partial charge in [0.05, 0.1) is 10.7 Å². The van der Waals surface area contributed by atoms with Crippen LogP contribution in [0.2, 0.25) is 5.02 Å². The number of Topliss-reactive ketones (excluding diaryl/α,β-unsaturated/α-hetero) is 1. The van der Waals surface area contributed by atoms with Crippen LogP contribution in [-0.4, -0.2) is 16.3 Å². The van der Waals surface area contributed by atoms with Crippen LogP contribution in [0.25, 0.3) is 0 Å². The van der Waals surface area contributed by atoms with Crippen molar-refractivity contribution in [3.05, 3.63) is 62.5 Å². The minimum absolute atomic E-state index is 0.0541. The van der Waals surface area contributed by atoms with Crippen LogP contribution in [0.3, 0.4) is 0 Å². The maximum Gasteiger partial charge on any atom is 0.244 e. The van der Waals surface area contributed by atoms with Crippen molar-refractivity contribution in [3.8, 4) is 0 Å². The number of hydrogen-bond donors (Lipinski definition) is 1. The summed E-state index contributed by atoms with van der Waals surface area (Å²) in [6, 6.07) is 7.68. The van der Waals surface area contributed by atoms with E-state index in [-0.39, 0.29) is 23.7 Å². The van der Waals surface area contributed by atoms with Gasteiger partial charge < -0.3 is 9.88 Å². The van der Waals surface area contributed by atoms with Gasteiger partial charge in [0, 0.05) is 29.1 Å². The molecule has 1 N–H and O–H groups in total. The zero-order chi connectivity index (χ0) is 17.1. The van der Waals surface area contributed by atoms with E-state index in [4.69, 9.17) is 11.6 Å². The van der Waals surface area contributed by atoms with Gasteiger partial charge in [-0.1, -0.05) is 11.6 Å². The van der Waals surface area contributed by atoms with E-state index in [1.165, 1.54) is 19.1 Å². The van der Waals surface area contributed by atoms with Crippen molar-refractivity contribution in [2.45, 2.75) is 27.3 Å². The third-order valence-electron chi connectivity index (χ3n) is 3.50. The number of benzene rings is 1. The first-order chi connectivity index (χ1) is 10.8. The molecule has 2 rings (SSSR count). The first kappa shape index (κ1) is 17.0. The Morgan fingerprint density at radius 2 is 1.74 bits per heavy atom. The maximum absolute atomic E-state index is 12.3. The Balaban J connectivity index is 2.22. The van der Waals surface area contributed by atoms with Gasteiger partial charge in [-0.2, -0.15) is 0 Å². The van der Waals surface area contributed by atoms with Crippen LogP contribution in [0.4, 0.5) is 5.69 Å². The van der Waals surface area contributed by atoms with E-state index in [0.717, 1.165) is 0 Å². The lowest BCUT2D eigenvalue weighted by atomic mass is 10.1. The Morgan fingerprint density at radius 3 is 2.30 bits per heavy atom. The molecule has 0 bridgehead atoms. The number of hydrogen-bond acceptors (Lipinski definition) is 3. The van der Waals surface area contributed by atoms with Crippen molar-refractivity contribution in [1.29, 1.82) is 0 Å². The molecular weight excluding hydrogens is 316 g/mol. The van der Waals surface area contributed by atoms with Crippen LogP contribution in [0.1, 0.15) is 28.7 Å².